The van der Waals surface area contributed by atoms with Gasteiger partial charge in [0.05, 0.1) is 30.1 Å². The predicted octanol–water partition coefficient (Wildman–Crippen LogP) is 2.79. The number of rotatable bonds is 3. The highest BCUT2D eigenvalue weighted by molar-refractivity contribution is 5.94. The van der Waals surface area contributed by atoms with Crippen molar-refractivity contribution in [1.82, 2.24) is 14.7 Å². The standard InChI is InChI=1S/C16H21N3O2/c1-12-9-13(2)19(17-12)10-15-5-3-4-7-18(15)16(20)14-6-8-21-11-14/h6,8-9,11,15H,3-5,7,10H2,1-2H3. The molecular weight excluding hydrogens is 266 g/mol. The molecule has 0 aromatic carbocycles. The molecule has 3 rings (SSSR count). The van der Waals surface area contributed by atoms with Crippen LogP contribution in [0.25, 0.3) is 0 Å². The van der Waals surface area contributed by atoms with Crippen LogP contribution in [0.1, 0.15) is 41.0 Å². The van der Waals surface area contributed by atoms with Gasteiger partial charge in [-0.15, -0.1) is 0 Å². The van der Waals surface area contributed by atoms with Crippen LogP contribution in [-0.4, -0.2) is 33.2 Å². The van der Waals surface area contributed by atoms with Crippen LogP contribution < -0.4 is 0 Å². The SMILES string of the molecule is Cc1cc(C)n(CC2CCCCN2C(=O)c2ccoc2)n1. The average molecular weight is 287 g/mol. The lowest BCUT2D eigenvalue weighted by Gasteiger charge is -2.35. The van der Waals surface area contributed by atoms with Crippen molar-refractivity contribution in [3.63, 3.8) is 0 Å². The molecule has 2 aromatic rings. The van der Waals surface area contributed by atoms with Crippen LogP contribution in [-0.2, 0) is 6.54 Å². The van der Waals surface area contributed by atoms with Gasteiger partial charge in [0.25, 0.3) is 5.91 Å². The minimum atomic E-state index is 0.0648. The molecule has 1 fully saturated rings. The number of carbonyl (C=O) groups is 1. The Balaban J connectivity index is 1.78. The van der Waals surface area contributed by atoms with E-state index >= 15 is 0 Å². The third-order valence-electron chi connectivity index (χ3n) is 4.14. The Bertz CT molecular complexity index is 616. The summed E-state index contributed by atoms with van der Waals surface area (Å²) in [7, 11) is 0. The van der Waals surface area contributed by atoms with Crippen molar-refractivity contribution < 1.29 is 9.21 Å². The summed E-state index contributed by atoms with van der Waals surface area (Å²) in [6.45, 7) is 5.64. The quantitative estimate of drug-likeness (QED) is 0.872. The number of furan rings is 1. The minimum absolute atomic E-state index is 0.0648. The van der Waals surface area contributed by atoms with Gasteiger partial charge in [-0.05, 0) is 45.2 Å². The first-order valence-electron chi connectivity index (χ1n) is 7.49. The van der Waals surface area contributed by atoms with E-state index in [1.165, 1.54) is 12.7 Å². The first-order chi connectivity index (χ1) is 10.1. The average Bonchev–Trinajstić information content (AvgIpc) is 3.09. The molecule has 112 valence electrons. The summed E-state index contributed by atoms with van der Waals surface area (Å²) in [6.07, 6.45) is 6.34. The van der Waals surface area contributed by atoms with Gasteiger partial charge in [-0.3, -0.25) is 9.48 Å². The maximum atomic E-state index is 12.6. The summed E-state index contributed by atoms with van der Waals surface area (Å²) in [6, 6.07) is 4.02. The molecule has 0 radical (unpaired) electrons. The van der Waals surface area contributed by atoms with Crippen LogP contribution >= 0.6 is 0 Å². The summed E-state index contributed by atoms with van der Waals surface area (Å²) >= 11 is 0. The molecule has 21 heavy (non-hydrogen) atoms. The monoisotopic (exact) mass is 287 g/mol. The zero-order chi connectivity index (χ0) is 14.8. The Morgan fingerprint density at radius 3 is 2.95 bits per heavy atom. The fourth-order valence-corrected chi connectivity index (χ4v) is 3.07. The van der Waals surface area contributed by atoms with Crippen molar-refractivity contribution >= 4 is 5.91 Å². The number of amides is 1. The van der Waals surface area contributed by atoms with E-state index in [-0.39, 0.29) is 11.9 Å². The van der Waals surface area contributed by atoms with Gasteiger partial charge in [-0.25, -0.2) is 0 Å². The number of likely N-dealkylation sites (tertiary alicyclic amines) is 1. The third-order valence-corrected chi connectivity index (χ3v) is 4.14. The Morgan fingerprint density at radius 1 is 1.43 bits per heavy atom. The number of aromatic nitrogens is 2. The molecule has 1 aliphatic rings. The van der Waals surface area contributed by atoms with Crippen LogP contribution in [0.3, 0.4) is 0 Å². The number of hydrogen-bond donors (Lipinski definition) is 0. The Hall–Kier alpha value is -2.04. The van der Waals surface area contributed by atoms with Crippen LogP contribution in [0, 0.1) is 13.8 Å². The van der Waals surface area contributed by atoms with Gasteiger partial charge in [0, 0.05) is 12.2 Å². The molecular formula is C16H21N3O2. The van der Waals surface area contributed by atoms with Crippen molar-refractivity contribution in [2.24, 2.45) is 0 Å². The Kier molecular flexibility index (Phi) is 3.82. The highest BCUT2D eigenvalue weighted by Gasteiger charge is 2.28. The molecule has 1 saturated heterocycles. The maximum Gasteiger partial charge on any atom is 0.257 e. The molecule has 3 heterocycles. The van der Waals surface area contributed by atoms with Gasteiger partial charge in [0.15, 0.2) is 0 Å². The lowest BCUT2D eigenvalue weighted by atomic mass is 10.0. The Morgan fingerprint density at radius 2 is 2.29 bits per heavy atom. The molecule has 0 bridgehead atoms. The van der Waals surface area contributed by atoms with Crippen LogP contribution in [0.15, 0.2) is 29.1 Å². The highest BCUT2D eigenvalue weighted by Crippen LogP contribution is 2.21. The number of piperidine rings is 1. The van der Waals surface area contributed by atoms with Crippen molar-refractivity contribution in [1.29, 1.82) is 0 Å². The van der Waals surface area contributed by atoms with Gasteiger partial charge in [-0.2, -0.15) is 5.10 Å². The number of aryl methyl sites for hydroxylation is 2. The largest absolute Gasteiger partial charge is 0.472 e. The number of hydrogen-bond acceptors (Lipinski definition) is 3. The molecule has 1 atom stereocenters. The van der Waals surface area contributed by atoms with Crippen molar-refractivity contribution in [2.75, 3.05) is 6.54 Å². The van der Waals surface area contributed by atoms with Gasteiger partial charge in [0.2, 0.25) is 0 Å². The first kappa shape index (κ1) is 13.9. The summed E-state index contributed by atoms with van der Waals surface area (Å²) in [5, 5.41) is 4.52. The maximum absolute atomic E-state index is 12.6. The summed E-state index contributed by atoms with van der Waals surface area (Å²) in [5.41, 5.74) is 2.81. The molecule has 0 aliphatic carbocycles. The van der Waals surface area contributed by atoms with Crippen molar-refractivity contribution in [3.8, 4) is 0 Å². The molecule has 5 heteroatoms. The summed E-state index contributed by atoms with van der Waals surface area (Å²) < 4.78 is 7.05. The molecule has 1 amide bonds. The second kappa shape index (κ2) is 5.76. The predicted molar refractivity (Wildman–Crippen MR) is 79.1 cm³/mol. The van der Waals surface area contributed by atoms with Crippen LogP contribution in [0.2, 0.25) is 0 Å². The van der Waals surface area contributed by atoms with E-state index in [0.717, 1.165) is 37.3 Å². The molecule has 1 aliphatic heterocycles. The van der Waals surface area contributed by atoms with Crippen LogP contribution in [0.5, 0.6) is 0 Å². The van der Waals surface area contributed by atoms with Gasteiger partial charge < -0.3 is 9.32 Å². The third kappa shape index (κ3) is 2.86. The molecule has 5 nitrogen and oxygen atoms in total. The van der Waals surface area contributed by atoms with Gasteiger partial charge >= 0.3 is 0 Å². The normalized spacial score (nSPS) is 19.0. The molecule has 1 unspecified atom stereocenters. The van der Waals surface area contributed by atoms with Crippen molar-refractivity contribution in [3.05, 3.63) is 41.6 Å². The highest BCUT2D eigenvalue weighted by atomic mass is 16.3. The van der Waals surface area contributed by atoms with Crippen molar-refractivity contribution in [2.45, 2.75) is 45.7 Å². The summed E-state index contributed by atoms with van der Waals surface area (Å²) in [4.78, 5) is 14.6. The van der Waals surface area contributed by atoms with Gasteiger partial charge in [-0.1, -0.05) is 0 Å². The number of nitrogens with zero attached hydrogens (tertiary/aromatic N) is 3. The zero-order valence-electron chi connectivity index (χ0n) is 12.6. The van der Waals surface area contributed by atoms with E-state index in [4.69, 9.17) is 4.42 Å². The van der Waals surface area contributed by atoms with E-state index in [1.807, 2.05) is 16.5 Å². The zero-order valence-corrected chi connectivity index (χ0v) is 12.6. The molecule has 0 N–H and O–H groups in total. The lowest BCUT2D eigenvalue weighted by molar-refractivity contribution is 0.0582. The summed E-state index contributed by atoms with van der Waals surface area (Å²) in [5.74, 6) is 0.0648. The van der Waals surface area contributed by atoms with E-state index < -0.39 is 0 Å². The second-order valence-corrected chi connectivity index (χ2v) is 5.77. The first-order valence-corrected chi connectivity index (χ1v) is 7.49. The molecule has 0 saturated carbocycles. The van der Waals surface area contributed by atoms with E-state index in [0.29, 0.717) is 5.56 Å². The Labute approximate surface area is 124 Å². The fourth-order valence-electron chi connectivity index (χ4n) is 3.07. The van der Waals surface area contributed by atoms with Crippen LogP contribution in [0.4, 0.5) is 0 Å². The lowest BCUT2D eigenvalue weighted by Crippen LogP contribution is -2.46. The van der Waals surface area contributed by atoms with E-state index in [9.17, 15) is 4.79 Å². The van der Waals surface area contributed by atoms with Gasteiger partial charge in [0.1, 0.15) is 6.26 Å². The minimum Gasteiger partial charge on any atom is -0.472 e. The van der Waals surface area contributed by atoms with E-state index in [1.54, 1.807) is 12.3 Å². The van der Waals surface area contributed by atoms with E-state index in [2.05, 4.69) is 18.1 Å². The fraction of sp³-hybridized carbons (Fsp3) is 0.500. The number of carbonyl (C=O) groups excluding carboxylic acids is 1. The topological polar surface area (TPSA) is 51.3 Å². The molecule has 2 aromatic heterocycles. The second-order valence-electron chi connectivity index (χ2n) is 5.77. The smallest absolute Gasteiger partial charge is 0.257 e. The molecule has 0 spiro atoms.